The van der Waals surface area contributed by atoms with Gasteiger partial charge in [0.1, 0.15) is 12.0 Å². The van der Waals surface area contributed by atoms with Crippen molar-refractivity contribution in [3.05, 3.63) is 36.3 Å². The average Bonchev–Trinajstić information content (AvgIpc) is 2.51. The van der Waals surface area contributed by atoms with E-state index in [2.05, 4.69) is 5.43 Å². The molecule has 15 heavy (non-hydrogen) atoms. The van der Waals surface area contributed by atoms with Gasteiger partial charge in [0.15, 0.2) is 0 Å². The Kier molecular flexibility index (Phi) is 2.60. The fourth-order valence-corrected chi connectivity index (χ4v) is 1.29. The average molecular weight is 204 g/mol. The van der Waals surface area contributed by atoms with Crippen molar-refractivity contribution in [2.75, 3.05) is 0 Å². The quantitative estimate of drug-likeness (QED) is 0.270. The summed E-state index contributed by atoms with van der Waals surface area (Å²) in [4.78, 5) is 11.2. The first kappa shape index (κ1) is 9.60. The molecule has 0 aliphatic carbocycles. The summed E-state index contributed by atoms with van der Waals surface area (Å²) in [5, 5.41) is 0. The largest absolute Gasteiger partial charge is 0.562 e. The Morgan fingerprint density at radius 3 is 3.07 bits per heavy atom. The van der Waals surface area contributed by atoms with Crippen molar-refractivity contribution < 1.29 is 14.2 Å². The first-order chi connectivity index (χ1) is 7.31. The molecule has 3 N–H and O–H groups in total. The van der Waals surface area contributed by atoms with E-state index in [9.17, 15) is 4.79 Å². The highest BCUT2D eigenvalue weighted by atomic mass is 16.5. The number of hydrazine groups is 1. The van der Waals surface area contributed by atoms with Gasteiger partial charge < -0.3 is 9.39 Å². The van der Waals surface area contributed by atoms with Crippen LogP contribution in [-0.4, -0.2) is 13.4 Å². The Morgan fingerprint density at radius 2 is 2.27 bits per heavy atom. The normalized spacial score (nSPS) is 12.6. The predicted octanol–water partition coefficient (Wildman–Crippen LogP) is -0.853. The molecule has 5 nitrogen and oxygen atoms in total. The minimum absolute atomic E-state index is 0.351. The number of carbonyl (C=O) groups excluding carboxylic acids is 1. The standard InChI is InChI=1S/C9H9BN2O3/c11-12-9(13)6-1-2-7-8(5-6)14-3-4-15-10-7/h1-5,10H,11H2,(H,12,13). The number of hydrogen-bond donors (Lipinski definition) is 2. The first-order valence-electron chi connectivity index (χ1n) is 4.38. The van der Waals surface area contributed by atoms with Crippen LogP contribution in [0, 0.1) is 0 Å². The van der Waals surface area contributed by atoms with E-state index < -0.39 is 0 Å². The molecule has 1 amide bonds. The summed E-state index contributed by atoms with van der Waals surface area (Å²) in [6.07, 6.45) is 2.89. The first-order valence-corrected chi connectivity index (χ1v) is 4.38. The van der Waals surface area contributed by atoms with Gasteiger partial charge in [-0.05, 0) is 12.1 Å². The number of nitrogens with two attached hydrogens (primary N) is 1. The van der Waals surface area contributed by atoms with Crippen molar-refractivity contribution in [3.8, 4) is 5.75 Å². The van der Waals surface area contributed by atoms with Gasteiger partial charge in [-0.15, -0.1) is 0 Å². The van der Waals surface area contributed by atoms with Gasteiger partial charge in [0.2, 0.25) is 0 Å². The second-order valence-electron chi connectivity index (χ2n) is 3.00. The minimum Gasteiger partial charge on any atom is -0.562 e. The van der Waals surface area contributed by atoms with Gasteiger partial charge in [-0.1, -0.05) is 6.07 Å². The third kappa shape index (κ3) is 1.94. The molecule has 1 aromatic rings. The fourth-order valence-electron chi connectivity index (χ4n) is 1.29. The number of rotatable bonds is 1. The van der Waals surface area contributed by atoms with Gasteiger partial charge in [-0.25, -0.2) is 5.84 Å². The van der Waals surface area contributed by atoms with Crippen molar-refractivity contribution in [1.82, 2.24) is 5.43 Å². The molecule has 2 rings (SSSR count). The zero-order valence-electron chi connectivity index (χ0n) is 7.90. The van der Waals surface area contributed by atoms with Crippen LogP contribution in [-0.2, 0) is 4.65 Å². The fraction of sp³-hybridized carbons (Fsp3) is 0. The lowest BCUT2D eigenvalue weighted by molar-refractivity contribution is 0.0953. The highest BCUT2D eigenvalue weighted by molar-refractivity contribution is 6.48. The van der Waals surface area contributed by atoms with Gasteiger partial charge in [0.05, 0.1) is 6.26 Å². The van der Waals surface area contributed by atoms with Crippen molar-refractivity contribution in [1.29, 1.82) is 0 Å². The van der Waals surface area contributed by atoms with Gasteiger partial charge in [0.25, 0.3) is 5.91 Å². The molecule has 0 saturated heterocycles. The van der Waals surface area contributed by atoms with Crippen LogP contribution >= 0.6 is 0 Å². The number of nitrogens with one attached hydrogen (secondary N) is 1. The molecular formula is C9H9BN2O3. The Hall–Kier alpha value is -1.95. The maximum atomic E-state index is 11.2. The summed E-state index contributed by atoms with van der Waals surface area (Å²) in [6.45, 7) is 0. The minimum atomic E-state index is -0.351. The predicted molar refractivity (Wildman–Crippen MR) is 55.7 cm³/mol. The summed E-state index contributed by atoms with van der Waals surface area (Å²) in [7, 11) is 0.427. The van der Waals surface area contributed by atoms with Crippen LogP contribution in [0.25, 0.3) is 0 Å². The molecular weight excluding hydrogens is 195 g/mol. The summed E-state index contributed by atoms with van der Waals surface area (Å²) in [5.74, 6) is 5.28. The molecule has 0 atom stereocenters. The Labute approximate surface area is 87.1 Å². The van der Waals surface area contributed by atoms with Gasteiger partial charge in [-0.2, -0.15) is 0 Å². The SMILES string of the molecule is NNC(=O)c1ccc2c(c1)OC=COB2. The van der Waals surface area contributed by atoms with Gasteiger partial charge in [-0.3, -0.25) is 10.2 Å². The van der Waals surface area contributed by atoms with Crippen molar-refractivity contribution in [3.63, 3.8) is 0 Å². The monoisotopic (exact) mass is 204 g/mol. The summed E-state index contributed by atoms with van der Waals surface area (Å²) < 4.78 is 10.4. The number of nitrogen functional groups attached to an aromatic ring is 1. The van der Waals surface area contributed by atoms with Crippen LogP contribution in [0.1, 0.15) is 10.4 Å². The van der Waals surface area contributed by atoms with E-state index in [1.165, 1.54) is 12.5 Å². The number of carbonyl (C=O) groups is 1. The Morgan fingerprint density at radius 1 is 1.40 bits per heavy atom. The Bertz CT molecular complexity index is 420. The maximum Gasteiger partial charge on any atom is 0.376 e. The molecule has 1 aliphatic rings. The molecule has 0 unspecified atom stereocenters. The number of amides is 1. The molecule has 1 aromatic carbocycles. The molecule has 1 heterocycles. The van der Waals surface area contributed by atoms with Crippen LogP contribution in [0.4, 0.5) is 0 Å². The van der Waals surface area contributed by atoms with E-state index in [1.54, 1.807) is 18.2 Å². The molecule has 0 aromatic heterocycles. The van der Waals surface area contributed by atoms with E-state index in [-0.39, 0.29) is 5.91 Å². The molecule has 76 valence electrons. The third-order valence-electron chi connectivity index (χ3n) is 2.05. The summed E-state index contributed by atoms with van der Waals surface area (Å²) in [5.41, 5.74) is 3.39. The zero-order valence-corrected chi connectivity index (χ0v) is 7.90. The van der Waals surface area contributed by atoms with Crippen molar-refractivity contribution >= 4 is 18.9 Å². The Balaban J connectivity index is 2.35. The lowest BCUT2D eigenvalue weighted by Crippen LogP contribution is -2.30. The third-order valence-corrected chi connectivity index (χ3v) is 2.05. The molecule has 0 fully saturated rings. The summed E-state index contributed by atoms with van der Waals surface area (Å²) >= 11 is 0. The number of hydrogen-bond acceptors (Lipinski definition) is 4. The van der Waals surface area contributed by atoms with E-state index in [0.29, 0.717) is 18.8 Å². The lowest BCUT2D eigenvalue weighted by Gasteiger charge is -2.06. The molecule has 0 bridgehead atoms. The second kappa shape index (κ2) is 4.06. The van der Waals surface area contributed by atoms with Crippen molar-refractivity contribution in [2.45, 2.75) is 0 Å². The molecule has 6 heteroatoms. The topological polar surface area (TPSA) is 73.6 Å². The van der Waals surface area contributed by atoms with Crippen LogP contribution in [0.2, 0.25) is 0 Å². The molecule has 0 saturated carbocycles. The maximum absolute atomic E-state index is 11.2. The number of ether oxygens (including phenoxy) is 1. The van der Waals surface area contributed by atoms with Crippen LogP contribution in [0.15, 0.2) is 30.7 Å². The molecule has 0 radical (unpaired) electrons. The highest BCUT2D eigenvalue weighted by Gasteiger charge is 2.12. The molecule has 0 spiro atoms. The summed E-state index contributed by atoms with van der Waals surface area (Å²) in [6, 6.07) is 5.06. The van der Waals surface area contributed by atoms with Crippen LogP contribution < -0.4 is 21.5 Å². The van der Waals surface area contributed by atoms with Crippen LogP contribution in [0.3, 0.4) is 0 Å². The van der Waals surface area contributed by atoms with Gasteiger partial charge in [0, 0.05) is 11.0 Å². The van der Waals surface area contributed by atoms with Crippen LogP contribution in [0.5, 0.6) is 5.75 Å². The highest BCUT2D eigenvalue weighted by Crippen LogP contribution is 2.12. The van der Waals surface area contributed by atoms with E-state index in [0.717, 1.165) is 5.46 Å². The second-order valence-corrected chi connectivity index (χ2v) is 3.00. The van der Waals surface area contributed by atoms with Crippen molar-refractivity contribution in [2.24, 2.45) is 5.84 Å². The molecule has 1 aliphatic heterocycles. The zero-order chi connectivity index (χ0) is 10.7. The number of fused-ring (bicyclic) bond motifs is 1. The van der Waals surface area contributed by atoms with Gasteiger partial charge >= 0.3 is 7.48 Å². The number of benzene rings is 1. The van der Waals surface area contributed by atoms with E-state index in [4.69, 9.17) is 15.2 Å². The smallest absolute Gasteiger partial charge is 0.376 e. The van der Waals surface area contributed by atoms with E-state index >= 15 is 0 Å². The van der Waals surface area contributed by atoms with E-state index in [1.807, 2.05) is 0 Å². The lowest BCUT2D eigenvalue weighted by atomic mass is 9.86.